The topological polar surface area (TPSA) is 9.23 Å². The van der Waals surface area contributed by atoms with E-state index < -0.39 is 8.32 Å². The van der Waals surface area contributed by atoms with E-state index in [1.165, 1.54) is 18.4 Å². The Morgan fingerprint density at radius 3 is 2.67 bits per heavy atom. The van der Waals surface area contributed by atoms with Gasteiger partial charge in [0, 0.05) is 12.5 Å². The fraction of sp³-hybridized carbons (Fsp3) is 0.500. The van der Waals surface area contributed by atoms with E-state index in [9.17, 15) is 0 Å². The average Bonchev–Trinajstić information content (AvgIpc) is 2.39. The summed E-state index contributed by atoms with van der Waals surface area (Å²) in [7, 11) is -1.48. The maximum absolute atomic E-state index is 6.12. The third kappa shape index (κ3) is 2.19. The van der Waals surface area contributed by atoms with Gasteiger partial charge in [0.05, 0.1) is 0 Å². The SMILES string of the molecule is C[Si]1(C)OCC[C@H]2C=C[C@@H](c3ccccc3)CC21. The third-order valence-corrected chi connectivity index (χ3v) is 8.06. The van der Waals surface area contributed by atoms with E-state index in [1.54, 1.807) is 0 Å². The van der Waals surface area contributed by atoms with Gasteiger partial charge < -0.3 is 4.43 Å². The van der Waals surface area contributed by atoms with Gasteiger partial charge in [0.1, 0.15) is 0 Å². The van der Waals surface area contributed by atoms with Gasteiger partial charge >= 0.3 is 0 Å². The van der Waals surface area contributed by atoms with Gasteiger partial charge in [-0.2, -0.15) is 0 Å². The molecule has 1 aliphatic heterocycles. The van der Waals surface area contributed by atoms with Crippen LogP contribution in [0.25, 0.3) is 0 Å². The number of allylic oxidation sites excluding steroid dienone is 2. The molecule has 1 fully saturated rings. The first-order valence-electron chi connectivity index (χ1n) is 7.04. The predicted molar refractivity (Wildman–Crippen MR) is 78.2 cm³/mol. The van der Waals surface area contributed by atoms with Gasteiger partial charge in [-0.15, -0.1) is 0 Å². The van der Waals surface area contributed by atoms with Crippen LogP contribution in [0.1, 0.15) is 24.3 Å². The van der Waals surface area contributed by atoms with E-state index in [2.05, 4.69) is 55.6 Å². The molecule has 0 aromatic heterocycles. The molecule has 0 spiro atoms. The van der Waals surface area contributed by atoms with Crippen molar-refractivity contribution in [3.8, 4) is 0 Å². The zero-order valence-electron chi connectivity index (χ0n) is 11.3. The average molecular weight is 258 g/mol. The minimum absolute atomic E-state index is 0.598. The smallest absolute Gasteiger partial charge is 0.190 e. The Labute approximate surface area is 111 Å². The van der Waals surface area contributed by atoms with Crippen molar-refractivity contribution in [3.05, 3.63) is 48.0 Å². The molecule has 0 amide bonds. The summed E-state index contributed by atoms with van der Waals surface area (Å²) >= 11 is 0. The maximum atomic E-state index is 6.12. The lowest BCUT2D eigenvalue weighted by Gasteiger charge is -2.44. The van der Waals surface area contributed by atoms with Gasteiger partial charge in [-0.25, -0.2) is 0 Å². The van der Waals surface area contributed by atoms with Crippen molar-refractivity contribution in [1.29, 1.82) is 0 Å². The molecule has 0 saturated carbocycles. The molecule has 2 aliphatic rings. The quantitative estimate of drug-likeness (QED) is 0.538. The molecule has 96 valence electrons. The Balaban J connectivity index is 1.86. The molecule has 0 bridgehead atoms. The lowest BCUT2D eigenvalue weighted by molar-refractivity contribution is 0.218. The maximum Gasteiger partial charge on any atom is 0.190 e. The molecule has 1 heterocycles. The fourth-order valence-electron chi connectivity index (χ4n) is 3.55. The zero-order valence-corrected chi connectivity index (χ0v) is 12.3. The van der Waals surface area contributed by atoms with Crippen LogP contribution < -0.4 is 0 Å². The summed E-state index contributed by atoms with van der Waals surface area (Å²) in [6.07, 6.45) is 7.42. The summed E-state index contributed by atoms with van der Waals surface area (Å²) in [5, 5.41) is 0. The van der Waals surface area contributed by atoms with Crippen LogP contribution in [0.5, 0.6) is 0 Å². The van der Waals surface area contributed by atoms with E-state index in [0.717, 1.165) is 18.1 Å². The van der Waals surface area contributed by atoms with Gasteiger partial charge in [-0.1, -0.05) is 42.5 Å². The Kier molecular flexibility index (Phi) is 3.16. The van der Waals surface area contributed by atoms with Crippen molar-refractivity contribution in [1.82, 2.24) is 0 Å². The fourth-order valence-corrected chi connectivity index (χ4v) is 6.54. The second kappa shape index (κ2) is 4.67. The van der Waals surface area contributed by atoms with Crippen molar-refractivity contribution in [2.75, 3.05) is 6.61 Å². The molecule has 0 N–H and O–H groups in total. The Morgan fingerprint density at radius 2 is 1.89 bits per heavy atom. The highest BCUT2D eigenvalue weighted by Gasteiger charge is 2.43. The van der Waals surface area contributed by atoms with Crippen molar-refractivity contribution in [2.45, 2.75) is 37.4 Å². The zero-order chi connectivity index (χ0) is 12.6. The number of hydrogen-bond acceptors (Lipinski definition) is 1. The lowest BCUT2D eigenvalue weighted by Crippen LogP contribution is -2.46. The van der Waals surface area contributed by atoms with Gasteiger partial charge in [0.15, 0.2) is 8.32 Å². The molecule has 18 heavy (non-hydrogen) atoms. The first-order chi connectivity index (χ1) is 8.67. The van der Waals surface area contributed by atoms with Crippen molar-refractivity contribution >= 4 is 8.32 Å². The molecule has 1 nitrogen and oxygen atoms in total. The summed E-state index contributed by atoms with van der Waals surface area (Å²) in [6, 6.07) is 10.9. The van der Waals surface area contributed by atoms with Crippen molar-refractivity contribution in [3.63, 3.8) is 0 Å². The molecule has 3 rings (SSSR count). The van der Waals surface area contributed by atoms with Crippen LogP contribution in [0.2, 0.25) is 18.6 Å². The number of rotatable bonds is 1. The highest BCUT2D eigenvalue weighted by Crippen LogP contribution is 2.47. The highest BCUT2D eigenvalue weighted by molar-refractivity contribution is 6.73. The minimum atomic E-state index is -1.48. The molecule has 1 aromatic rings. The molecule has 1 saturated heterocycles. The summed E-state index contributed by atoms with van der Waals surface area (Å²) in [5.41, 5.74) is 2.25. The molecule has 3 atom stereocenters. The van der Waals surface area contributed by atoms with E-state index in [4.69, 9.17) is 4.43 Å². The Morgan fingerprint density at radius 1 is 1.11 bits per heavy atom. The van der Waals surface area contributed by atoms with E-state index in [-0.39, 0.29) is 0 Å². The summed E-state index contributed by atoms with van der Waals surface area (Å²) in [5.74, 6) is 1.38. The standard InChI is InChI=1S/C16H22OSi/c1-18(2)16-12-15(13-6-4-3-5-7-13)9-8-14(16)10-11-17-18/h3-9,14-16H,10-12H2,1-2H3/t14-,15-,16?/m1/s1. The molecular formula is C16H22OSi. The number of fused-ring (bicyclic) bond motifs is 1. The normalized spacial score (nSPS) is 34.0. The molecule has 1 aliphatic carbocycles. The van der Waals surface area contributed by atoms with Gasteiger partial charge in [-0.3, -0.25) is 0 Å². The summed E-state index contributed by atoms with van der Waals surface area (Å²) < 4.78 is 6.12. The number of benzene rings is 1. The molecular weight excluding hydrogens is 236 g/mol. The van der Waals surface area contributed by atoms with Gasteiger partial charge in [0.25, 0.3) is 0 Å². The molecule has 0 radical (unpaired) electrons. The predicted octanol–water partition coefficient (Wildman–Crippen LogP) is 4.34. The monoisotopic (exact) mass is 258 g/mol. The van der Waals surface area contributed by atoms with E-state index in [0.29, 0.717) is 5.92 Å². The van der Waals surface area contributed by atoms with Gasteiger partial charge in [0.2, 0.25) is 0 Å². The van der Waals surface area contributed by atoms with Crippen LogP contribution in [-0.4, -0.2) is 14.9 Å². The first kappa shape index (κ1) is 12.2. The molecule has 1 aromatic carbocycles. The largest absolute Gasteiger partial charge is 0.417 e. The van der Waals surface area contributed by atoms with Crippen LogP contribution in [0.3, 0.4) is 0 Å². The van der Waals surface area contributed by atoms with Crippen molar-refractivity contribution < 1.29 is 4.43 Å². The first-order valence-corrected chi connectivity index (χ1v) is 10.0. The van der Waals surface area contributed by atoms with Crippen molar-refractivity contribution in [2.24, 2.45) is 5.92 Å². The minimum Gasteiger partial charge on any atom is -0.417 e. The van der Waals surface area contributed by atoms with Crippen LogP contribution in [0.4, 0.5) is 0 Å². The highest BCUT2D eigenvalue weighted by atomic mass is 28.4. The van der Waals surface area contributed by atoms with Gasteiger partial charge in [-0.05, 0) is 43.0 Å². The Hall–Kier alpha value is -0.863. The van der Waals surface area contributed by atoms with Crippen LogP contribution in [0, 0.1) is 5.92 Å². The van der Waals surface area contributed by atoms with E-state index >= 15 is 0 Å². The molecule has 1 unspecified atom stereocenters. The van der Waals surface area contributed by atoms with E-state index in [1.807, 2.05) is 0 Å². The summed E-state index contributed by atoms with van der Waals surface area (Å²) in [6.45, 7) is 5.76. The Bertz CT molecular complexity index is 438. The van der Waals surface area contributed by atoms with Crippen LogP contribution >= 0.6 is 0 Å². The molecule has 2 heteroatoms. The second-order valence-corrected chi connectivity index (χ2v) is 10.4. The lowest BCUT2D eigenvalue weighted by atomic mass is 9.82. The van der Waals surface area contributed by atoms with Crippen LogP contribution in [-0.2, 0) is 4.43 Å². The third-order valence-electron chi connectivity index (χ3n) is 4.66. The van der Waals surface area contributed by atoms with Crippen LogP contribution in [0.15, 0.2) is 42.5 Å². The number of hydrogen-bond donors (Lipinski definition) is 0. The second-order valence-electron chi connectivity index (χ2n) is 6.15. The summed E-state index contributed by atoms with van der Waals surface area (Å²) in [4.78, 5) is 0.